The summed E-state index contributed by atoms with van der Waals surface area (Å²) in [6.07, 6.45) is 0.107. The number of aromatic hydroxyl groups is 1. The van der Waals surface area contributed by atoms with Crippen LogP contribution in [0.4, 0.5) is 0 Å². The summed E-state index contributed by atoms with van der Waals surface area (Å²) >= 11 is 0. The molecular weight excluding hydrogens is 574 g/mol. The molecule has 9 heteroatoms. The van der Waals surface area contributed by atoms with Gasteiger partial charge < -0.3 is 30.5 Å². The van der Waals surface area contributed by atoms with Crippen LogP contribution in [0.25, 0.3) is 11.1 Å². The average molecular weight is 610 g/mol. The lowest BCUT2D eigenvalue weighted by Gasteiger charge is -2.45. The fourth-order valence-electron chi connectivity index (χ4n) is 7.23. The van der Waals surface area contributed by atoms with Crippen molar-refractivity contribution >= 4 is 17.3 Å². The minimum Gasteiger partial charge on any atom is -0.511 e. The molecule has 0 fully saturated rings. The molecule has 5 N–H and O–H groups in total. The molecule has 3 aliphatic carbocycles. The van der Waals surface area contributed by atoms with Crippen LogP contribution >= 0.6 is 0 Å². The Morgan fingerprint density at radius 1 is 0.978 bits per heavy atom. The number of methoxy groups -OCH3 is 1. The van der Waals surface area contributed by atoms with Crippen LogP contribution in [-0.2, 0) is 29.1 Å². The van der Waals surface area contributed by atoms with Crippen molar-refractivity contribution in [2.45, 2.75) is 51.8 Å². The average Bonchev–Trinajstić information content (AvgIpc) is 2.99. The van der Waals surface area contributed by atoms with E-state index in [0.717, 1.165) is 18.1 Å². The normalized spacial score (nSPS) is 22.6. The number of ether oxygens (including phenoxy) is 1. The maximum Gasteiger partial charge on any atom is 0.209 e. The van der Waals surface area contributed by atoms with E-state index in [2.05, 4.69) is 30.4 Å². The third-order valence-electron chi connectivity index (χ3n) is 9.35. The van der Waals surface area contributed by atoms with E-state index in [0.29, 0.717) is 30.0 Å². The molecule has 6 rings (SSSR count). The Hall–Kier alpha value is -4.73. The Morgan fingerprint density at radius 2 is 1.71 bits per heavy atom. The summed E-state index contributed by atoms with van der Waals surface area (Å²) in [7, 11) is 1.56. The topological polar surface area (TPSA) is 153 Å². The molecule has 0 saturated carbocycles. The smallest absolute Gasteiger partial charge is 0.209 e. The first-order chi connectivity index (χ1) is 21.4. The van der Waals surface area contributed by atoms with Gasteiger partial charge in [0, 0.05) is 36.6 Å². The molecule has 0 aliphatic heterocycles. The van der Waals surface area contributed by atoms with Crippen LogP contribution in [0.1, 0.15) is 52.4 Å². The molecule has 0 unspecified atom stereocenters. The highest BCUT2D eigenvalue weighted by Gasteiger charge is 2.59. The van der Waals surface area contributed by atoms with Crippen molar-refractivity contribution in [3.05, 3.63) is 105 Å². The third-order valence-corrected chi connectivity index (χ3v) is 9.35. The van der Waals surface area contributed by atoms with E-state index in [9.17, 15) is 34.8 Å². The predicted octanol–water partition coefficient (Wildman–Crippen LogP) is 4.96. The SMILES string of the molecule is COc1ccc(CNCc2cccc(C)c2)cc1-c1ccc(O)c2c1C[C@H]1C[C@H]3CC(O)=C(C(C)=O)C(=O)[C@@]3(O)C(O)=C1C2=O. The Balaban J connectivity index is 1.38. The van der Waals surface area contributed by atoms with Gasteiger partial charge in [-0.2, -0.15) is 0 Å². The van der Waals surface area contributed by atoms with Gasteiger partial charge in [-0.1, -0.05) is 42.0 Å². The zero-order valence-electron chi connectivity index (χ0n) is 25.3. The number of hydrogen-bond acceptors (Lipinski definition) is 9. The quantitative estimate of drug-likeness (QED) is 0.234. The number of fused-ring (bicyclic) bond motifs is 3. The number of ketones is 3. The van der Waals surface area contributed by atoms with Crippen molar-refractivity contribution in [2.75, 3.05) is 7.11 Å². The molecule has 0 radical (unpaired) electrons. The largest absolute Gasteiger partial charge is 0.511 e. The van der Waals surface area contributed by atoms with Gasteiger partial charge >= 0.3 is 0 Å². The molecular formula is C36H35NO8. The van der Waals surface area contributed by atoms with E-state index in [-0.39, 0.29) is 36.1 Å². The van der Waals surface area contributed by atoms with Crippen LogP contribution in [0.5, 0.6) is 11.5 Å². The van der Waals surface area contributed by atoms with Crippen molar-refractivity contribution in [2.24, 2.45) is 11.8 Å². The first-order valence-electron chi connectivity index (χ1n) is 14.9. The second-order valence-corrected chi connectivity index (χ2v) is 12.2. The number of aryl methyl sites for hydroxylation is 1. The third kappa shape index (κ3) is 4.92. The number of hydrogen-bond donors (Lipinski definition) is 5. The number of aliphatic hydroxyl groups is 3. The minimum absolute atomic E-state index is 0.0224. The van der Waals surface area contributed by atoms with Crippen LogP contribution in [0.2, 0.25) is 0 Å². The highest BCUT2D eigenvalue weighted by atomic mass is 16.5. The van der Waals surface area contributed by atoms with Crippen molar-refractivity contribution in [1.82, 2.24) is 5.32 Å². The monoisotopic (exact) mass is 609 g/mol. The second-order valence-electron chi connectivity index (χ2n) is 12.2. The number of rotatable bonds is 7. The zero-order chi connectivity index (χ0) is 32.2. The molecule has 0 spiro atoms. The molecule has 3 atom stereocenters. The van der Waals surface area contributed by atoms with Gasteiger partial charge in [0.15, 0.2) is 17.2 Å². The van der Waals surface area contributed by atoms with E-state index in [4.69, 9.17) is 4.74 Å². The van der Waals surface area contributed by atoms with Gasteiger partial charge in [0.05, 0.1) is 12.7 Å². The van der Waals surface area contributed by atoms with Gasteiger partial charge in [0.25, 0.3) is 0 Å². The van der Waals surface area contributed by atoms with Gasteiger partial charge in [-0.25, -0.2) is 0 Å². The van der Waals surface area contributed by atoms with E-state index < -0.39 is 51.9 Å². The Kier molecular flexibility index (Phi) is 7.62. The van der Waals surface area contributed by atoms with Gasteiger partial charge in [0.1, 0.15) is 28.6 Å². The summed E-state index contributed by atoms with van der Waals surface area (Å²) in [6.45, 7) is 4.39. The summed E-state index contributed by atoms with van der Waals surface area (Å²) in [4.78, 5) is 39.4. The van der Waals surface area contributed by atoms with Crippen LogP contribution < -0.4 is 10.1 Å². The summed E-state index contributed by atoms with van der Waals surface area (Å²) in [5.41, 5.74) is 2.01. The van der Waals surface area contributed by atoms with Crippen molar-refractivity contribution < 1.29 is 39.5 Å². The van der Waals surface area contributed by atoms with E-state index in [1.165, 1.54) is 17.2 Å². The number of carbonyl (C=O) groups is 3. The van der Waals surface area contributed by atoms with Crippen LogP contribution in [0.3, 0.4) is 0 Å². The molecule has 9 nitrogen and oxygen atoms in total. The van der Waals surface area contributed by atoms with Crippen molar-refractivity contribution in [1.29, 1.82) is 0 Å². The van der Waals surface area contributed by atoms with Crippen LogP contribution in [-0.4, -0.2) is 50.5 Å². The fourth-order valence-corrected chi connectivity index (χ4v) is 7.23. The molecule has 45 heavy (non-hydrogen) atoms. The summed E-state index contributed by atoms with van der Waals surface area (Å²) in [5, 5.41) is 47.8. The van der Waals surface area contributed by atoms with Crippen LogP contribution in [0, 0.1) is 18.8 Å². The number of carbonyl (C=O) groups excluding carboxylic acids is 3. The molecule has 3 aromatic carbocycles. The molecule has 0 aromatic heterocycles. The predicted molar refractivity (Wildman–Crippen MR) is 166 cm³/mol. The number of phenols is 1. The van der Waals surface area contributed by atoms with Crippen LogP contribution in [0.15, 0.2) is 77.3 Å². The molecule has 0 heterocycles. The van der Waals surface area contributed by atoms with Gasteiger partial charge in [-0.05, 0) is 73.1 Å². The Bertz CT molecular complexity index is 1840. The standard InChI is InChI=1S/C36H35NO8/c1-18-5-4-6-20(11-18)16-37-17-21-7-10-29(45-3)25(12-21)24-8-9-27(39)32-26(24)14-22-13-23-15-28(40)30(19(2)38)34(42)36(23,44)35(43)31(22)33(32)41/h4-12,22-23,37,39-40,43-44H,13-17H2,1-3H3/t22-,23+,36-/m1/s1. The highest BCUT2D eigenvalue weighted by molar-refractivity contribution is 6.25. The lowest BCUT2D eigenvalue weighted by atomic mass is 9.60. The number of nitrogens with one attached hydrogen (secondary N) is 1. The first-order valence-corrected chi connectivity index (χ1v) is 14.9. The maximum atomic E-state index is 14.0. The number of Topliss-reactive ketones (excluding diaryl/α,β-unsaturated/α-hetero) is 3. The van der Waals surface area contributed by atoms with Gasteiger partial charge in [-0.3, -0.25) is 14.4 Å². The number of allylic oxidation sites excluding steroid dienone is 2. The summed E-state index contributed by atoms with van der Waals surface area (Å²) in [5.74, 6) is -5.10. The lowest BCUT2D eigenvalue weighted by molar-refractivity contribution is -0.144. The van der Waals surface area contributed by atoms with Gasteiger partial charge in [0.2, 0.25) is 5.78 Å². The highest BCUT2D eigenvalue weighted by Crippen LogP contribution is 2.52. The number of aliphatic hydroxyl groups excluding tert-OH is 2. The molecule has 0 amide bonds. The molecule has 232 valence electrons. The number of benzene rings is 3. The minimum atomic E-state index is -2.53. The van der Waals surface area contributed by atoms with E-state index >= 15 is 0 Å². The fraction of sp³-hybridized carbons (Fsp3) is 0.306. The Morgan fingerprint density at radius 3 is 2.40 bits per heavy atom. The maximum absolute atomic E-state index is 14.0. The summed E-state index contributed by atoms with van der Waals surface area (Å²) in [6, 6.07) is 17.2. The molecule has 0 saturated heterocycles. The lowest BCUT2D eigenvalue weighted by Crippen LogP contribution is -2.56. The van der Waals surface area contributed by atoms with E-state index in [1.54, 1.807) is 13.2 Å². The molecule has 0 bridgehead atoms. The van der Waals surface area contributed by atoms with E-state index in [1.807, 2.05) is 24.3 Å². The Labute approximate surface area is 260 Å². The van der Waals surface area contributed by atoms with Crippen molar-refractivity contribution in [3.63, 3.8) is 0 Å². The zero-order valence-corrected chi connectivity index (χ0v) is 25.3. The molecule has 3 aliphatic rings. The van der Waals surface area contributed by atoms with Crippen molar-refractivity contribution in [3.8, 4) is 22.6 Å². The van der Waals surface area contributed by atoms with Gasteiger partial charge in [-0.15, -0.1) is 0 Å². The summed E-state index contributed by atoms with van der Waals surface area (Å²) < 4.78 is 5.70. The molecule has 3 aromatic rings. The second kappa shape index (κ2) is 11.3. The number of phenolic OH excluding ortho intramolecular Hbond substituents is 1. The first kappa shape index (κ1) is 30.3.